The van der Waals surface area contributed by atoms with Gasteiger partial charge in [0.2, 0.25) is 0 Å². The third-order valence-electron chi connectivity index (χ3n) is 2.87. The molecule has 0 bridgehead atoms. The molecule has 21 heavy (non-hydrogen) atoms. The fraction of sp³-hybridized carbons (Fsp3) is 0.357. The Labute approximate surface area is 136 Å². The van der Waals surface area contributed by atoms with Gasteiger partial charge in [0.25, 0.3) is 0 Å². The van der Waals surface area contributed by atoms with E-state index >= 15 is 0 Å². The van der Waals surface area contributed by atoms with E-state index in [0.717, 1.165) is 5.06 Å². The number of carboxylic acid groups (broad SMARTS) is 1. The van der Waals surface area contributed by atoms with Crippen LogP contribution in [0.2, 0.25) is 0 Å². The standard InChI is InChI=1S/C14H14Cl2O4S/c1-2-8(14(17)18)19-9-5-6-10(13(16)12(9)15)20-11-4-3-7-21-11/h3-8,10,13H,2H2,1H3,(H,17,18)/t8-,10-,13+/m0/s1. The molecule has 0 saturated heterocycles. The minimum atomic E-state index is -1.04. The summed E-state index contributed by atoms with van der Waals surface area (Å²) in [7, 11) is 0. The van der Waals surface area contributed by atoms with E-state index < -0.39 is 23.6 Å². The molecule has 0 unspecified atom stereocenters. The predicted molar refractivity (Wildman–Crippen MR) is 83.2 cm³/mol. The Hall–Kier alpha value is -1.17. The summed E-state index contributed by atoms with van der Waals surface area (Å²) < 4.78 is 11.1. The highest BCUT2D eigenvalue weighted by Crippen LogP contribution is 2.32. The van der Waals surface area contributed by atoms with Crippen LogP contribution in [0.5, 0.6) is 5.06 Å². The second-order valence-corrected chi connectivity index (χ2v) is 6.13. The molecule has 114 valence electrons. The van der Waals surface area contributed by atoms with Gasteiger partial charge in [-0.1, -0.05) is 18.5 Å². The van der Waals surface area contributed by atoms with Crippen LogP contribution in [0.15, 0.2) is 40.5 Å². The zero-order valence-corrected chi connectivity index (χ0v) is 13.5. The van der Waals surface area contributed by atoms with Crippen molar-refractivity contribution in [1.82, 2.24) is 0 Å². The summed E-state index contributed by atoms with van der Waals surface area (Å²) in [6, 6.07) is 3.71. The number of carbonyl (C=O) groups is 1. The van der Waals surface area contributed by atoms with Crippen LogP contribution in [0.25, 0.3) is 0 Å². The number of alkyl halides is 1. The van der Waals surface area contributed by atoms with Gasteiger partial charge >= 0.3 is 5.97 Å². The normalized spacial score (nSPS) is 23.0. The Kier molecular flexibility index (Phi) is 5.56. The highest BCUT2D eigenvalue weighted by atomic mass is 35.5. The van der Waals surface area contributed by atoms with Gasteiger partial charge in [-0.3, -0.25) is 0 Å². The first-order valence-corrected chi connectivity index (χ1v) is 8.04. The van der Waals surface area contributed by atoms with E-state index in [-0.39, 0.29) is 10.8 Å². The van der Waals surface area contributed by atoms with Crippen LogP contribution in [0, 0.1) is 0 Å². The fourth-order valence-corrected chi connectivity index (χ4v) is 2.85. The molecule has 0 fully saturated rings. The van der Waals surface area contributed by atoms with E-state index in [1.54, 1.807) is 19.1 Å². The monoisotopic (exact) mass is 348 g/mol. The van der Waals surface area contributed by atoms with Crippen LogP contribution in [-0.2, 0) is 9.53 Å². The summed E-state index contributed by atoms with van der Waals surface area (Å²) in [5, 5.41) is 11.3. The summed E-state index contributed by atoms with van der Waals surface area (Å²) in [6.45, 7) is 1.72. The van der Waals surface area contributed by atoms with Crippen molar-refractivity contribution in [3.05, 3.63) is 40.5 Å². The molecule has 0 spiro atoms. The van der Waals surface area contributed by atoms with Gasteiger partial charge in [-0.15, -0.1) is 22.9 Å². The highest BCUT2D eigenvalue weighted by Gasteiger charge is 2.30. The van der Waals surface area contributed by atoms with Gasteiger partial charge in [0.05, 0.1) is 5.03 Å². The first kappa shape index (κ1) is 16.2. The van der Waals surface area contributed by atoms with Crippen molar-refractivity contribution in [2.45, 2.75) is 30.9 Å². The maximum atomic E-state index is 11.0. The van der Waals surface area contributed by atoms with E-state index in [1.165, 1.54) is 11.3 Å². The Morgan fingerprint density at radius 2 is 2.33 bits per heavy atom. The fourth-order valence-electron chi connectivity index (χ4n) is 1.76. The molecule has 1 aliphatic carbocycles. The lowest BCUT2D eigenvalue weighted by atomic mass is 10.1. The van der Waals surface area contributed by atoms with Crippen molar-refractivity contribution in [2.75, 3.05) is 0 Å². The van der Waals surface area contributed by atoms with Crippen LogP contribution < -0.4 is 4.74 Å². The average Bonchev–Trinajstić information content (AvgIpc) is 2.96. The van der Waals surface area contributed by atoms with Crippen molar-refractivity contribution in [3.63, 3.8) is 0 Å². The van der Waals surface area contributed by atoms with Gasteiger partial charge in [0.15, 0.2) is 11.2 Å². The first-order chi connectivity index (χ1) is 10.0. The second kappa shape index (κ2) is 7.20. The van der Waals surface area contributed by atoms with Crippen molar-refractivity contribution < 1.29 is 19.4 Å². The van der Waals surface area contributed by atoms with E-state index in [4.69, 9.17) is 37.8 Å². The number of ether oxygens (including phenoxy) is 2. The van der Waals surface area contributed by atoms with Gasteiger partial charge in [0.1, 0.15) is 17.2 Å². The van der Waals surface area contributed by atoms with Crippen molar-refractivity contribution in [2.24, 2.45) is 0 Å². The molecule has 0 saturated carbocycles. The molecule has 1 heterocycles. The van der Waals surface area contributed by atoms with E-state index in [9.17, 15) is 4.79 Å². The number of allylic oxidation sites excluding steroid dienone is 1. The molecule has 4 nitrogen and oxygen atoms in total. The van der Waals surface area contributed by atoms with Crippen LogP contribution in [-0.4, -0.2) is 28.7 Å². The molecular weight excluding hydrogens is 335 g/mol. The van der Waals surface area contributed by atoms with Crippen molar-refractivity contribution >= 4 is 40.5 Å². The number of carboxylic acids is 1. The van der Waals surface area contributed by atoms with Gasteiger partial charge in [-0.2, -0.15) is 0 Å². The lowest BCUT2D eigenvalue weighted by Gasteiger charge is -2.25. The maximum absolute atomic E-state index is 11.0. The molecule has 0 amide bonds. The first-order valence-electron chi connectivity index (χ1n) is 6.34. The number of thiophene rings is 1. The number of rotatable bonds is 6. The summed E-state index contributed by atoms with van der Waals surface area (Å²) >= 11 is 13.9. The van der Waals surface area contributed by atoms with Crippen molar-refractivity contribution in [1.29, 1.82) is 0 Å². The molecular formula is C14H14Cl2O4S. The number of hydrogen-bond acceptors (Lipinski definition) is 4. The molecule has 3 atom stereocenters. The van der Waals surface area contributed by atoms with E-state index in [0.29, 0.717) is 6.42 Å². The summed E-state index contributed by atoms with van der Waals surface area (Å²) in [5.41, 5.74) is 0. The van der Waals surface area contributed by atoms with Crippen LogP contribution >= 0.6 is 34.5 Å². The quantitative estimate of drug-likeness (QED) is 0.789. The zero-order chi connectivity index (χ0) is 15.4. The Morgan fingerprint density at radius 1 is 1.57 bits per heavy atom. The third kappa shape index (κ3) is 3.93. The molecule has 1 aromatic heterocycles. The molecule has 1 aliphatic rings. The van der Waals surface area contributed by atoms with Crippen LogP contribution in [0.3, 0.4) is 0 Å². The molecule has 1 aromatic rings. The summed E-state index contributed by atoms with van der Waals surface area (Å²) in [6.07, 6.45) is 2.28. The van der Waals surface area contributed by atoms with E-state index in [1.807, 2.05) is 17.5 Å². The molecule has 0 aliphatic heterocycles. The Balaban J connectivity index is 2.07. The molecule has 7 heteroatoms. The highest BCUT2D eigenvalue weighted by molar-refractivity contribution is 7.11. The number of hydrogen-bond donors (Lipinski definition) is 1. The smallest absolute Gasteiger partial charge is 0.344 e. The Bertz CT molecular complexity index is 553. The molecule has 0 aromatic carbocycles. The van der Waals surface area contributed by atoms with Crippen molar-refractivity contribution in [3.8, 4) is 5.06 Å². The summed E-state index contributed by atoms with van der Waals surface area (Å²) in [4.78, 5) is 11.0. The maximum Gasteiger partial charge on any atom is 0.344 e. The average molecular weight is 349 g/mol. The van der Waals surface area contributed by atoms with Gasteiger partial charge in [-0.25, -0.2) is 4.79 Å². The van der Waals surface area contributed by atoms with Gasteiger partial charge in [0, 0.05) is 0 Å². The van der Waals surface area contributed by atoms with Crippen LogP contribution in [0.1, 0.15) is 13.3 Å². The predicted octanol–water partition coefficient (Wildman–Crippen LogP) is 4.00. The topological polar surface area (TPSA) is 55.8 Å². The number of halogens is 2. The summed E-state index contributed by atoms with van der Waals surface area (Å²) in [5.74, 6) is -0.761. The minimum absolute atomic E-state index is 0.250. The third-order valence-corrected chi connectivity index (χ3v) is 4.62. The molecule has 2 rings (SSSR count). The largest absolute Gasteiger partial charge is 0.479 e. The molecule has 1 N–H and O–H groups in total. The lowest BCUT2D eigenvalue weighted by Crippen LogP contribution is -2.30. The van der Waals surface area contributed by atoms with E-state index in [2.05, 4.69) is 0 Å². The number of aliphatic carboxylic acids is 1. The SMILES string of the molecule is CC[C@H](OC1=C(Cl)[C@H](Cl)[C@@H](Oc2cccs2)C=C1)C(=O)O. The van der Waals surface area contributed by atoms with Gasteiger partial charge < -0.3 is 14.6 Å². The molecule has 0 radical (unpaired) electrons. The minimum Gasteiger partial charge on any atom is -0.479 e. The second-order valence-electron chi connectivity index (χ2n) is 4.34. The zero-order valence-electron chi connectivity index (χ0n) is 11.2. The van der Waals surface area contributed by atoms with Crippen LogP contribution in [0.4, 0.5) is 0 Å². The lowest BCUT2D eigenvalue weighted by molar-refractivity contribution is -0.147. The Morgan fingerprint density at radius 3 is 2.90 bits per heavy atom. The van der Waals surface area contributed by atoms with Gasteiger partial charge in [-0.05, 0) is 36.1 Å².